The maximum atomic E-state index is 11.9. The van der Waals surface area contributed by atoms with Crippen molar-refractivity contribution in [2.75, 3.05) is 0 Å². The Labute approximate surface area is 91.6 Å². The van der Waals surface area contributed by atoms with Crippen molar-refractivity contribution in [2.24, 2.45) is 5.73 Å². The number of alkyl halides is 3. The fraction of sp³-hybridized carbons (Fsp3) is 0.778. The summed E-state index contributed by atoms with van der Waals surface area (Å²) in [5.41, 5.74) is 5.72. The number of rotatable bonds is 4. The van der Waals surface area contributed by atoms with Crippen LogP contribution in [0.3, 0.4) is 0 Å². The van der Waals surface area contributed by atoms with Crippen molar-refractivity contribution in [3.8, 4) is 0 Å². The van der Waals surface area contributed by atoms with Crippen molar-refractivity contribution in [1.29, 1.82) is 0 Å². The van der Waals surface area contributed by atoms with Crippen LogP contribution in [-0.2, 0) is 12.1 Å². The van der Waals surface area contributed by atoms with Crippen LogP contribution in [0.1, 0.15) is 32.4 Å². The lowest BCUT2D eigenvalue weighted by Crippen LogP contribution is -2.29. The Morgan fingerprint density at radius 2 is 2.00 bits per heavy atom. The van der Waals surface area contributed by atoms with Crippen LogP contribution in [0.4, 0.5) is 13.2 Å². The van der Waals surface area contributed by atoms with E-state index in [-0.39, 0.29) is 13.0 Å². The number of aryl methyl sites for hydroxylation is 1. The maximum Gasteiger partial charge on any atom is 0.389 e. The molecule has 1 aromatic heterocycles. The number of hydrogen-bond acceptors (Lipinski definition) is 3. The maximum absolute atomic E-state index is 11.9. The van der Waals surface area contributed by atoms with Crippen LogP contribution in [0.15, 0.2) is 6.20 Å². The normalized spacial score (nSPS) is 13.1. The second-order valence-corrected chi connectivity index (χ2v) is 4.31. The second-order valence-electron chi connectivity index (χ2n) is 4.31. The Hall–Kier alpha value is -1.11. The third kappa shape index (κ3) is 4.18. The molecule has 0 spiro atoms. The summed E-state index contributed by atoms with van der Waals surface area (Å²) < 4.78 is 37.0. The molecule has 1 rings (SSSR count). The predicted molar refractivity (Wildman–Crippen MR) is 52.5 cm³/mol. The fourth-order valence-corrected chi connectivity index (χ4v) is 1.14. The molecule has 16 heavy (non-hydrogen) atoms. The highest BCUT2D eigenvalue weighted by Gasteiger charge is 2.26. The third-order valence-electron chi connectivity index (χ3n) is 2.05. The van der Waals surface area contributed by atoms with Gasteiger partial charge in [0.05, 0.1) is 11.7 Å². The molecule has 0 aliphatic carbocycles. The number of nitrogens with zero attached hydrogens (tertiary/aromatic N) is 3. The van der Waals surface area contributed by atoms with E-state index in [0.717, 1.165) is 0 Å². The van der Waals surface area contributed by atoms with Gasteiger partial charge in [-0.1, -0.05) is 5.21 Å². The van der Waals surface area contributed by atoms with Crippen LogP contribution in [0, 0.1) is 0 Å². The molecule has 4 nitrogen and oxygen atoms in total. The van der Waals surface area contributed by atoms with Gasteiger partial charge in [-0.25, -0.2) is 0 Å². The van der Waals surface area contributed by atoms with Gasteiger partial charge in [0.2, 0.25) is 0 Å². The Bertz CT molecular complexity index is 337. The van der Waals surface area contributed by atoms with Gasteiger partial charge in [-0.3, -0.25) is 4.68 Å². The Kier molecular flexibility index (Phi) is 3.57. The van der Waals surface area contributed by atoms with Crippen LogP contribution < -0.4 is 5.73 Å². The minimum absolute atomic E-state index is 0.00268. The molecule has 1 heterocycles. The zero-order valence-electron chi connectivity index (χ0n) is 9.25. The highest BCUT2D eigenvalue weighted by atomic mass is 19.4. The quantitative estimate of drug-likeness (QED) is 0.867. The summed E-state index contributed by atoms with van der Waals surface area (Å²) in [7, 11) is 0. The number of aromatic nitrogens is 3. The molecular formula is C9H15F3N4. The minimum atomic E-state index is -4.11. The molecule has 0 atom stereocenters. The first kappa shape index (κ1) is 13.0. The molecule has 0 bridgehead atoms. The first-order chi connectivity index (χ1) is 7.18. The molecule has 92 valence electrons. The molecule has 1 aromatic rings. The molecule has 0 aliphatic rings. The molecule has 0 aliphatic heterocycles. The van der Waals surface area contributed by atoms with Crippen LogP contribution >= 0.6 is 0 Å². The van der Waals surface area contributed by atoms with Gasteiger partial charge in [-0.15, -0.1) is 5.10 Å². The first-order valence-corrected chi connectivity index (χ1v) is 4.95. The summed E-state index contributed by atoms with van der Waals surface area (Å²) in [6, 6.07) is 0. The zero-order valence-corrected chi connectivity index (χ0v) is 9.25. The van der Waals surface area contributed by atoms with Gasteiger partial charge < -0.3 is 5.73 Å². The van der Waals surface area contributed by atoms with E-state index < -0.39 is 18.1 Å². The largest absolute Gasteiger partial charge is 0.389 e. The van der Waals surface area contributed by atoms with Gasteiger partial charge in [-0.2, -0.15) is 13.2 Å². The lowest BCUT2D eigenvalue weighted by molar-refractivity contribution is -0.136. The number of nitrogens with two attached hydrogens (primary N) is 1. The topological polar surface area (TPSA) is 56.7 Å². The van der Waals surface area contributed by atoms with Crippen molar-refractivity contribution < 1.29 is 13.2 Å². The summed E-state index contributed by atoms with van der Waals surface area (Å²) in [5, 5.41) is 7.53. The second kappa shape index (κ2) is 4.40. The van der Waals surface area contributed by atoms with Crippen LogP contribution in [-0.4, -0.2) is 21.2 Å². The van der Waals surface area contributed by atoms with E-state index in [9.17, 15) is 13.2 Å². The molecule has 0 aromatic carbocycles. The molecule has 7 heteroatoms. The van der Waals surface area contributed by atoms with Crippen molar-refractivity contribution >= 4 is 0 Å². The molecule has 0 unspecified atom stereocenters. The SMILES string of the molecule is CC(C)(N)c1cn(CCCC(F)(F)F)nn1. The molecule has 0 saturated carbocycles. The van der Waals surface area contributed by atoms with E-state index in [1.807, 2.05) is 0 Å². The average molecular weight is 236 g/mol. The summed E-state index contributed by atoms with van der Waals surface area (Å²) in [5.74, 6) is 0. The molecule has 0 saturated heterocycles. The van der Waals surface area contributed by atoms with Gasteiger partial charge in [0, 0.05) is 13.0 Å². The Morgan fingerprint density at radius 1 is 1.38 bits per heavy atom. The third-order valence-corrected chi connectivity index (χ3v) is 2.05. The minimum Gasteiger partial charge on any atom is -0.320 e. The van der Waals surface area contributed by atoms with Gasteiger partial charge in [0.1, 0.15) is 5.69 Å². The first-order valence-electron chi connectivity index (χ1n) is 4.95. The number of hydrogen-bond donors (Lipinski definition) is 1. The molecule has 0 amide bonds. The van der Waals surface area contributed by atoms with E-state index in [4.69, 9.17) is 5.73 Å². The van der Waals surface area contributed by atoms with Gasteiger partial charge >= 0.3 is 6.18 Å². The lowest BCUT2D eigenvalue weighted by atomic mass is 10.0. The summed E-state index contributed by atoms with van der Waals surface area (Å²) in [6.07, 6.45) is -3.35. The van der Waals surface area contributed by atoms with Crippen LogP contribution in [0.2, 0.25) is 0 Å². The summed E-state index contributed by atoms with van der Waals surface area (Å²) >= 11 is 0. The van der Waals surface area contributed by atoms with Crippen molar-refractivity contribution in [2.45, 2.75) is 44.9 Å². The smallest absolute Gasteiger partial charge is 0.320 e. The van der Waals surface area contributed by atoms with Crippen molar-refractivity contribution in [1.82, 2.24) is 15.0 Å². The fourth-order valence-electron chi connectivity index (χ4n) is 1.14. The molecule has 0 radical (unpaired) electrons. The van der Waals surface area contributed by atoms with Gasteiger partial charge in [-0.05, 0) is 20.3 Å². The Balaban J connectivity index is 2.48. The van der Waals surface area contributed by atoms with E-state index in [0.29, 0.717) is 5.69 Å². The predicted octanol–water partition coefficient (Wildman–Crippen LogP) is 1.81. The van der Waals surface area contributed by atoms with E-state index in [1.54, 1.807) is 20.0 Å². The van der Waals surface area contributed by atoms with E-state index in [1.165, 1.54) is 4.68 Å². The Morgan fingerprint density at radius 3 is 2.44 bits per heavy atom. The summed E-state index contributed by atoms with van der Waals surface area (Å²) in [6.45, 7) is 3.72. The van der Waals surface area contributed by atoms with Crippen molar-refractivity contribution in [3.05, 3.63) is 11.9 Å². The molecule has 0 fully saturated rings. The lowest BCUT2D eigenvalue weighted by Gasteiger charge is -2.13. The van der Waals surface area contributed by atoms with Crippen molar-refractivity contribution in [3.63, 3.8) is 0 Å². The monoisotopic (exact) mass is 236 g/mol. The average Bonchev–Trinajstić information content (AvgIpc) is 2.49. The number of halogens is 3. The van der Waals surface area contributed by atoms with Crippen LogP contribution in [0.25, 0.3) is 0 Å². The molecule has 2 N–H and O–H groups in total. The van der Waals surface area contributed by atoms with E-state index >= 15 is 0 Å². The molecular weight excluding hydrogens is 221 g/mol. The zero-order chi connectivity index (χ0) is 12.4. The van der Waals surface area contributed by atoms with Gasteiger partial charge in [0.25, 0.3) is 0 Å². The van der Waals surface area contributed by atoms with Crippen LogP contribution in [0.5, 0.6) is 0 Å². The van der Waals surface area contributed by atoms with Gasteiger partial charge in [0.15, 0.2) is 0 Å². The summed E-state index contributed by atoms with van der Waals surface area (Å²) in [4.78, 5) is 0. The highest BCUT2D eigenvalue weighted by Crippen LogP contribution is 2.21. The highest BCUT2D eigenvalue weighted by molar-refractivity contribution is 5.05. The standard InChI is InChI=1S/C9H15F3N4/c1-8(2,13)7-6-16(15-14-7)5-3-4-9(10,11)12/h6H,3-5,13H2,1-2H3. The van der Waals surface area contributed by atoms with E-state index in [2.05, 4.69) is 10.3 Å².